The van der Waals surface area contributed by atoms with Crippen LogP contribution in [0.5, 0.6) is 0 Å². The Bertz CT molecular complexity index is 317. The first-order valence-electron chi connectivity index (χ1n) is 12.4. The van der Waals surface area contributed by atoms with Gasteiger partial charge in [0, 0.05) is 26.8 Å². The molecule has 0 aromatic rings. The highest BCUT2D eigenvalue weighted by Crippen LogP contribution is 1.85. The summed E-state index contributed by atoms with van der Waals surface area (Å²) in [6.07, 6.45) is 0. The van der Waals surface area contributed by atoms with Crippen LogP contribution in [0.2, 0.25) is 0 Å². The maximum atomic E-state index is 5.37. The van der Waals surface area contributed by atoms with Crippen LogP contribution < -0.4 is 11.5 Å². The summed E-state index contributed by atoms with van der Waals surface area (Å²) in [4.78, 5) is 0. The molecule has 12 nitrogen and oxygen atoms in total. The lowest BCUT2D eigenvalue weighted by Crippen LogP contribution is -2.15. The van der Waals surface area contributed by atoms with Gasteiger partial charge in [0.05, 0.1) is 119 Å². The molecular formula is C23H52N2O10. The summed E-state index contributed by atoms with van der Waals surface area (Å²) in [5, 5.41) is 0. The fourth-order valence-corrected chi connectivity index (χ4v) is 2.09. The molecule has 214 valence electrons. The zero-order valence-corrected chi connectivity index (χ0v) is 22.1. The molecule has 0 aromatic heterocycles. The lowest BCUT2D eigenvalue weighted by atomic mass is 10.6. The van der Waals surface area contributed by atoms with Gasteiger partial charge >= 0.3 is 0 Å². The minimum absolute atomic E-state index is 0.538. The minimum atomic E-state index is 0.538. The minimum Gasteiger partial charge on any atom is -0.382 e. The van der Waals surface area contributed by atoms with Crippen LogP contribution in [-0.4, -0.2) is 146 Å². The van der Waals surface area contributed by atoms with E-state index in [1.54, 1.807) is 7.11 Å². The first kappa shape index (κ1) is 36.7. The van der Waals surface area contributed by atoms with Gasteiger partial charge in [-0.05, 0) is 6.92 Å². The van der Waals surface area contributed by atoms with Crippen molar-refractivity contribution in [3.8, 4) is 0 Å². The second-order valence-corrected chi connectivity index (χ2v) is 6.67. The fourth-order valence-electron chi connectivity index (χ4n) is 2.09. The molecule has 0 bridgehead atoms. The Kier molecular flexibility index (Phi) is 39.9. The van der Waals surface area contributed by atoms with Crippen LogP contribution in [-0.2, 0) is 47.4 Å². The molecule has 0 aliphatic heterocycles. The van der Waals surface area contributed by atoms with Crippen molar-refractivity contribution in [2.75, 3.05) is 146 Å². The molecule has 0 rings (SSSR count). The van der Waals surface area contributed by atoms with Crippen molar-refractivity contribution in [1.82, 2.24) is 0 Å². The second-order valence-electron chi connectivity index (χ2n) is 6.67. The van der Waals surface area contributed by atoms with Crippen LogP contribution in [0.4, 0.5) is 0 Å². The molecule has 0 aliphatic rings. The molecule has 0 fully saturated rings. The van der Waals surface area contributed by atoms with Gasteiger partial charge in [0.25, 0.3) is 0 Å². The largest absolute Gasteiger partial charge is 0.382 e. The molecule has 0 amide bonds. The standard InChI is InChI=1S/C15H33NO7.C8H19NO3/c1-17-4-5-19-8-9-21-12-13-23-15-14-22-11-10-20-7-6-18-3-2-16;1-2-10-5-6-12-8-7-11-4-3-9/h2-16H2,1H3;2-9H2,1H3. The molecule has 0 saturated heterocycles. The summed E-state index contributed by atoms with van der Waals surface area (Å²) in [5.41, 5.74) is 10.5. The van der Waals surface area contributed by atoms with Crippen molar-refractivity contribution in [1.29, 1.82) is 0 Å². The summed E-state index contributed by atoms with van der Waals surface area (Å²) in [5.74, 6) is 0. The molecule has 12 heteroatoms. The lowest BCUT2D eigenvalue weighted by molar-refractivity contribution is -0.0188. The number of rotatable bonds is 29. The quantitative estimate of drug-likeness (QED) is 0.126. The van der Waals surface area contributed by atoms with Crippen LogP contribution in [0.3, 0.4) is 0 Å². The van der Waals surface area contributed by atoms with Gasteiger partial charge < -0.3 is 58.8 Å². The van der Waals surface area contributed by atoms with Crippen molar-refractivity contribution in [3.63, 3.8) is 0 Å². The molecule has 0 aromatic carbocycles. The Balaban J connectivity index is 0. The Morgan fingerprint density at radius 3 is 0.800 bits per heavy atom. The van der Waals surface area contributed by atoms with Crippen LogP contribution in [0.25, 0.3) is 0 Å². The van der Waals surface area contributed by atoms with Crippen molar-refractivity contribution in [2.24, 2.45) is 11.5 Å². The van der Waals surface area contributed by atoms with E-state index in [0.29, 0.717) is 132 Å². The van der Waals surface area contributed by atoms with Crippen LogP contribution in [0.15, 0.2) is 0 Å². The van der Waals surface area contributed by atoms with E-state index in [9.17, 15) is 0 Å². The molecular weight excluding hydrogens is 464 g/mol. The first-order chi connectivity index (χ1) is 17.3. The van der Waals surface area contributed by atoms with Gasteiger partial charge in [0.2, 0.25) is 0 Å². The Morgan fingerprint density at radius 2 is 0.571 bits per heavy atom. The Morgan fingerprint density at radius 1 is 0.343 bits per heavy atom. The van der Waals surface area contributed by atoms with E-state index < -0.39 is 0 Å². The van der Waals surface area contributed by atoms with E-state index in [1.165, 1.54) is 0 Å². The first-order valence-corrected chi connectivity index (χ1v) is 12.4. The third kappa shape index (κ3) is 40.9. The SMILES string of the molecule is CCOCCOCCOCCN.COCCOCCOCCOCCOCCOCCOCCN. The number of nitrogens with two attached hydrogens (primary N) is 2. The average Bonchev–Trinajstić information content (AvgIpc) is 2.87. The average molecular weight is 517 g/mol. The third-order valence-electron chi connectivity index (χ3n) is 3.76. The number of hydrogen-bond donors (Lipinski definition) is 2. The fraction of sp³-hybridized carbons (Fsp3) is 1.00. The van der Waals surface area contributed by atoms with Crippen LogP contribution in [0.1, 0.15) is 6.92 Å². The van der Waals surface area contributed by atoms with Crippen LogP contribution >= 0.6 is 0 Å². The van der Waals surface area contributed by atoms with Gasteiger partial charge in [0.1, 0.15) is 0 Å². The number of methoxy groups -OCH3 is 1. The zero-order valence-electron chi connectivity index (χ0n) is 22.1. The molecule has 35 heavy (non-hydrogen) atoms. The van der Waals surface area contributed by atoms with E-state index >= 15 is 0 Å². The monoisotopic (exact) mass is 516 g/mol. The molecule has 0 atom stereocenters. The third-order valence-corrected chi connectivity index (χ3v) is 3.76. The van der Waals surface area contributed by atoms with E-state index in [1.807, 2.05) is 6.92 Å². The molecule has 0 heterocycles. The zero-order chi connectivity index (χ0) is 25.9. The number of ether oxygens (including phenoxy) is 10. The van der Waals surface area contributed by atoms with Gasteiger partial charge in [-0.1, -0.05) is 0 Å². The molecule has 4 N–H and O–H groups in total. The predicted molar refractivity (Wildman–Crippen MR) is 133 cm³/mol. The van der Waals surface area contributed by atoms with E-state index in [4.69, 9.17) is 58.8 Å². The Hall–Kier alpha value is -0.480. The molecule has 0 saturated carbocycles. The normalized spacial score (nSPS) is 11.0. The summed E-state index contributed by atoms with van der Waals surface area (Å²) >= 11 is 0. The molecule has 0 unspecified atom stereocenters. The van der Waals surface area contributed by atoms with Gasteiger partial charge in [0.15, 0.2) is 0 Å². The maximum absolute atomic E-state index is 5.37. The molecule has 0 aliphatic carbocycles. The highest BCUT2D eigenvalue weighted by atomic mass is 16.6. The van der Waals surface area contributed by atoms with Crippen molar-refractivity contribution in [3.05, 3.63) is 0 Å². The van der Waals surface area contributed by atoms with Gasteiger partial charge in [-0.25, -0.2) is 0 Å². The highest BCUT2D eigenvalue weighted by Gasteiger charge is 1.94. The summed E-state index contributed by atoms with van der Waals surface area (Å²) < 4.78 is 52.0. The summed E-state index contributed by atoms with van der Waals surface area (Å²) in [6, 6.07) is 0. The van der Waals surface area contributed by atoms with E-state index in [2.05, 4.69) is 0 Å². The Labute approximate surface area is 212 Å². The van der Waals surface area contributed by atoms with Crippen molar-refractivity contribution >= 4 is 0 Å². The van der Waals surface area contributed by atoms with E-state index in [-0.39, 0.29) is 0 Å². The smallest absolute Gasteiger partial charge is 0.0701 e. The van der Waals surface area contributed by atoms with Gasteiger partial charge in [-0.3, -0.25) is 0 Å². The van der Waals surface area contributed by atoms with Crippen LogP contribution in [0, 0.1) is 0 Å². The summed E-state index contributed by atoms with van der Waals surface area (Å²) in [6.45, 7) is 14.3. The van der Waals surface area contributed by atoms with Gasteiger partial charge in [-0.15, -0.1) is 0 Å². The second kappa shape index (κ2) is 38.1. The number of hydrogen-bond acceptors (Lipinski definition) is 12. The summed E-state index contributed by atoms with van der Waals surface area (Å²) in [7, 11) is 1.65. The molecule has 0 radical (unpaired) electrons. The van der Waals surface area contributed by atoms with E-state index in [0.717, 1.165) is 6.61 Å². The highest BCUT2D eigenvalue weighted by molar-refractivity contribution is 4.37. The topological polar surface area (TPSA) is 144 Å². The lowest BCUT2D eigenvalue weighted by Gasteiger charge is -2.08. The van der Waals surface area contributed by atoms with Crippen molar-refractivity contribution in [2.45, 2.75) is 6.92 Å². The van der Waals surface area contributed by atoms with Gasteiger partial charge in [-0.2, -0.15) is 0 Å². The predicted octanol–water partition coefficient (Wildman–Crippen LogP) is -0.294. The maximum Gasteiger partial charge on any atom is 0.0701 e. The molecule has 0 spiro atoms. The van der Waals surface area contributed by atoms with Crippen molar-refractivity contribution < 1.29 is 47.4 Å².